The number of carbonyl (C=O) groups is 2. The number of hydrogen-bond donors (Lipinski definition) is 2. The summed E-state index contributed by atoms with van der Waals surface area (Å²) in [7, 11) is 7.01. The number of H-pyrrole nitrogens is 1. The van der Waals surface area contributed by atoms with Crippen LogP contribution < -0.4 is 19.9 Å². The van der Waals surface area contributed by atoms with E-state index >= 15 is 0 Å². The third-order valence-electron chi connectivity index (χ3n) is 4.27. The van der Waals surface area contributed by atoms with Crippen LogP contribution in [0.25, 0.3) is 17.2 Å². The van der Waals surface area contributed by atoms with Crippen LogP contribution >= 0.6 is 0 Å². The Morgan fingerprint density at radius 1 is 1.00 bits per heavy atom. The van der Waals surface area contributed by atoms with E-state index in [1.54, 1.807) is 12.1 Å². The maximum atomic E-state index is 12.3. The van der Waals surface area contributed by atoms with Gasteiger partial charge in [0.2, 0.25) is 5.75 Å². The molecule has 29 heavy (non-hydrogen) atoms. The topological polar surface area (TPSA) is 122 Å². The van der Waals surface area contributed by atoms with Crippen molar-refractivity contribution in [1.29, 1.82) is 0 Å². The number of ether oxygens (including phenoxy) is 5. The number of hydrogen-bond acceptors (Lipinski definition) is 8. The number of nitrogens with one attached hydrogen (secondary N) is 1. The van der Waals surface area contributed by atoms with Gasteiger partial charge in [0.1, 0.15) is 5.69 Å². The summed E-state index contributed by atoms with van der Waals surface area (Å²) in [5.41, 5.74) is 8.14. The van der Waals surface area contributed by atoms with Crippen molar-refractivity contribution in [2.45, 2.75) is 6.54 Å². The summed E-state index contributed by atoms with van der Waals surface area (Å²) >= 11 is 0. The lowest BCUT2D eigenvalue weighted by Crippen LogP contribution is -2.04. The van der Waals surface area contributed by atoms with Crippen LogP contribution in [0, 0.1) is 0 Å². The van der Waals surface area contributed by atoms with E-state index in [4.69, 9.17) is 24.7 Å². The van der Waals surface area contributed by atoms with Crippen LogP contribution in [0.5, 0.6) is 17.2 Å². The van der Waals surface area contributed by atoms with Crippen LogP contribution in [0.15, 0.2) is 18.2 Å². The molecule has 1 aromatic carbocycles. The van der Waals surface area contributed by atoms with Crippen molar-refractivity contribution >= 4 is 18.0 Å². The second-order valence-electron chi connectivity index (χ2n) is 5.70. The second kappa shape index (κ2) is 9.65. The summed E-state index contributed by atoms with van der Waals surface area (Å²) < 4.78 is 25.9. The number of nitrogens with two attached hydrogens (primary N) is 1. The molecule has 0 radical (unpaired) electrons. The van der Waals surface area contributed by atoms with E-state index in [0.29, 0.717) is 39.6 Å². The molecular formula is C20H24N2O7. The van der Waals surface area contributed by atoms with Crippen molar-refractivity contribution in [3.8, 4) is 28.4 Å². The Labute approximate surface area is 168 Å². The van der Waals surface area contributed by atoms with Crippen molar-refractivity contribution in [3.63, 3.8) is 0 Å². The third-order valence-corrected chi connectivity index (χ3v) is 4.27. The van der Waals surface area contributed by atoms with Gasteiger partial charge in [0.15, 0.2) is 11.5 Å². The van der Waals surface area contributed by atoms with Crippen LogP contribution in [0.2, 0.25) is 0 Å². The molecule has 0 spiro atoms. The molecule has 0 amide bonds. The Kier molecular flexibility index (Phi) is 7.27. The monoisotopic (exact) mass is 404 g/mol. The molecule has 2 aromatic rings. The highest BCUT2D eigenvalue weighted by molar-refractivity contribution is 6.00. The molecule has 0 unspecified atom stereocenters. The molecule has 1 aromatic heterocycles. The van der Waals surface area contributed by atoms with E-state index in [9.17, 15) is 9.59 Å². The average molecular weight is 404 g/mol. The molecule has 0 aliphatic rings. The maximum absolute atomic E-state index is 12.3. The maximum Gasteiger partial charge on any atom is 0.355 e. The van der Waals surface area contributed by atoms with Crippen molar-refractivity contribution in [2.75, 3.05) is 35.5 Å². The fourth-order valence-corrected chi connectivity index (χ4v) is 2.98. The van der Waals surface area contributed by atoms with Gasteiger partial charge in [0.25, 0.3) is 0 Å². The van der Waals surface area contributed by atoms with Gasteiger partial charge in [-0.25, -0.2) is 9.59 Å². The zero-order valence-corrected chi connectivity index (χ0v) is 17.0. The molecule has 156 valence electrons. The second-order valence-corrected chi connectivity index (χ2v) is 5.70. The Bertz CT molecular complexity index is 931. The largest absolute Gasteiger partial charge is 0.493 e. The first kappa shape index (κ1) is 21.8. The van der Waals surface area contributed by atoms with Crippen molar-refractivity contribution < 1.29 is 33.3 Å². The first-order valence-electron chi connectivity index (χ1n) is 8.55. The number of benzene rings is 1. The number of esters is 2. The molecule has 0 atom stereocenters. The van der Waals surface area contributed by atoms with Crippen LogP contribution in [-0.4, -0.2) is 52.5 Å². The molecule has 9 nitrogen and oxygen atoms in total. The fraction of sp³-hybridized carbons (Fsp3) is 0.300. The van der Waals surface area contributed by atoms with Gasteiger partial charge >= 0.3 is 11.9 Å². The van der Waals surface area contributed by atoms with Crippen molar-refractivity contribution in [3.05, 3.63) is 35.2 Å². The van der Waals surface area contributed by atoms with E-state index in [-0.39, 0.29) is 12.2 Å². The molecule has 9 heteroatoms. The normalized spacial score (nSPS) is 10.7. The van der Waals surface area contributed by atoms with Gasteiger partial charge in [-0.3, -0.25) is 0 Å². The minimum Gasteiger partial charge on any atom is -0.493 e. The number of methoxy groups -OCH3 is 5. The third kappa shape index (κ3) is 4.19. The number of aromatic nitrogens is 1. The van der Waals surface area contributed by atoms with E-state index in [1.165, 1.54) is 47.7 Å². The lowest BCUT2D eigenvalue weighted by molar-refractivity contribution is -0.134. The Hall–Kier alpha value is -3.46. The summed E-state index contributed by atoms with van der Waals surface area (Å²) in [4.78, 5) is 26.9. The summed E-state index contributed by atoms with van der Waals surface area (Å²) in [5, 5.41) is 0. The predicted molar refractivity (Wildman–Crippen MR) is 106 cm³/mol. The molecule has 0 fully saturated rings. The number of rotatable bonds is 8. The lowest BCUT2D eigenvalue weighted by atomic mass is 9.97. The summed E-state index contributed by atoms with van der Waals surface area (Å²) in [5.74, 6) is 0.0260. The van der Waals surface area contributed by atoms with Gasteiger partial charge in [-0.1, -0.05) is 0 Å². The zero-order valence-electron chi connectivity index (χ0n) is 17.0. The van der Waals surface area contributed by atoms with Crippen molar-refractivity contribution in [1.82, 2.24) is 4.98 Å². The van der Waals surface area contributed by atoms with E-state index in [0.717, 1.165) is 0 Å². The quantitative estimate of drug-likeness (QED) is 0.507. The molecule has 3 N–H and O–H groups in total. The average Bonchev–Trinajstić information content (AvgIpc) is 3.13. The van der Waals surface area contributed by atoms with E-state index in [1.807, 2.05) is 0 Å². The van der Waals surface area contributed by atoms with Gasteiger partial charge in [-0.15, -0.1) is 0 Å². The Morgan fingerprint density at radius 2 is 1.69 bits per heavy atom. The van der Waals surface area contributed by atoms with Crippen LogP contribution in [0.3, 0.4) is 0 Å². The summed E-state index contributed by atoms with van der Waals surface area (Å²) in [6.07, 6.45) is 2.66. The first-order valence-corrected chi connectivity index (χ1v) is 8.55. The van der Waals surface area contributed by atoms with E-state index < -0.39 is 11.9 Å². The highest BCUT2D eigenvalue weighted by atomic mass is 16.5. The fourth-order valence-electron chi connectivity index (χ4n) is 2.98. The Morgan fingerprint density at radius 3 is 2.21 bits per heavy atom. The van der Waals surface area contributed by atoms with Gasteiger partial charge in [0, 0.05) is 35.0 Å². The standard InChI is InChI=1S/C20H24N2O7/c1-25-14-8-6-12(18(27-3)19(14)28-4)16-11(7-9-15(23)26-2)17(20(24)29-5)22-13(16)10-21/h6-9,22H,10,21H2,1-5H3/b9-7+. The zero-order chi connectivity index (χ0) is 21.6. The first-order chi connectivity index (χ1) is 14.0. The van der Waals surface area contributed by atoms with Crippen LogP contribution in [0.4, 0.5) is 0 Å². The lowest BCUT2D eigenvalue weighted by Gasteiger charge is -2.16. The number of carbonyl (C=O) groups excluding carboxylic acids is 2. The molecule has 0 aliphatic heterocycles. The predicted octanol–water partition coefficient (Wildman–Crippen LogP) is 2.14. The van der Waals surface area contributed by atoms with E-state index in [2.05, 4.69) is 9.72 Å². The van der Waals surface area contributed by atoms with Gasteiger partial charge in [0.05, 0.1) is 35.5 Å². The molecule has 0 saturated heterocycles. The smallest absolute Gasteiger partial charge is 0.355 e. The summed E-state index contributed by atoms with van der Waals surface area (Å²) in [6, 6.07) is 3.45. The highest BCUT2D eigenvalue weighted by Crippen LogP contribution is 2.46. The number of aromatic amines is 1. The molecule has 1 heterocycles. The van der Waals surface area contributed by atoms with Crippen LogP contribution in [0.1, 0.15) is 21.7 Å². The van der Waals surface area contributed by atoms with Gasteiger partial charge in [-0.05, 0) is 18.2 Å². The van der Waals surface area contributed by atoms with Crippen LogP contribution in [-0.2, 0) is 20.8 Å². The molecule has 0 saturated carbocycles. The highest BCUT2D eigenvalue weighted by Gasteiger charge is 2.26. The van der Waals surface area contributed by atoms with Gasteiger partial charge in [-0.2, -0.15) is 0 Å². The molecule has 0 bridgehead atoms. The molecule has 2 rings (SSSR count). The minimum absolute atomic E-state index is 0.0862. The summed E-state index contributed by atoms with van der Waals surface area (Å²) in [6.45, 7) is 0.0862. The SMILES string of the molecule is COC(=O)/C=C/c1c(C(=O)OC)[nH]c(CN)c1-c1ccc(OC)c(OC)c1OC. The van der Waals surface area contributed by atoms with Crippen molar-refractivity contribution in [2.24, 2.45) is 5.73 Å². The van der Waals surface area contributed by atoms with Gasteiger partial charge < -0.3 is 34.4 Å². The minimum atomic E-state index is -0.616. The Balaban J connectivity index is 2.87. The molecular weight excluding hydrogens is 380 g/mol. The molecule has 0 aliphatic carbocycles.